The van der Waals surface area contributed by atoms with Crippen LogP contribution >= 0.6 is 11.8 Å². The summed E-state index contributed by atoms with van der Waals surface area (Å²) in [6.45, 7) is 0.851. The van der Waals surface area contributed by atoms with Gasteiger partial charge in [0, 0.05) is 17.1 Å². The molecule has 0 amide bonds. The van der Waals surface area contributed by atoms with Crippen LogP contribution in [-0.4, -0.2) is 31.1 Å². The van der Waals surface area contributed by atoms with Gasteiger partial charge in [0.15, 0.2) is 0 Å². The fraction of sp³-hybridized carbons (Fsp3) is 0.172. The third kappa shape index (κ3) is 4.34. The van der Waals surface area contributed by atoms with Crippen LogP contribution in [0.5, 0.6) is 0 Å². The van der Waals surface area contributed by atoms with Crippen LogP contribution in [0.4, 0.5) is 10.1 Å². The van der Waals surface area contributed by atoms with Crippen molar-refractivity contribution < 1.29 is 14.2 Å². The van der Waals surface area contributed by atoms with E-state index in [9.17, 15) is 5.11 Å². The summed E-state index contributed by atoms with van der Waals surface area (Å²) >= 11 is 1.51. The van der Waals surface area contributed by atoms with Crippen LogP contribution in [0.3, 0.4) is 0 Å². The fourth-order valence-corrected chi connectivity index (χ4v) is 5.85. The van der Waals surface area contributed by atoms with Gasteiger partial charge in [0.1, 0.15) is 18.7 Å². The molecular weight excluding hydrogens is 445 g/mol. The van der Waals surface area contributed by atoms with Crippen LogP contribution in [0, 0.1) is 5.82 Å². The Labute approximate surface area is 203 Å². The van der Waals surface area contributed by atoms with E-state index in [0.29, 0.717) is 18.2 Å². The van der Waals surface area contributed by atoms with Crippen molar-refractivity contribution >= 4 is 17.4 Å². The normalized spacial score (nSPS) is 16.1. The van der Waals surface area contributed by atoms with Gasteiger partial charge in [0.2, 0.25) is 0 Å². The third-order valence-corrected chi connectivity index (χ3v) is 7.74. The van der Waals surface area contributed by atoms with Crippen LogP contribution < -0.4 is 4.90 Å². The highest BCUT2D eigenvalue weighted by atomic mass is 32.2. The first-order valence-electron chi connectivity index (χ1n) is 11.3. The minimum absolute atomic E-state index is 0.0410. The number of ether oxygens (including phenoxy) is 1. The summed E-state index contributed by atoms with van der Waals surface area (Å²) in [5.41, 5.74) is 4.00. The lowest BCUT2D eigenvalue weighted by Crippen LogP contribution is -2.26. The molecule has 4 aromatic carbocycles. The maximum atomic E-state index is 15.6. The topological polar surface area (TPSA) is 32.7 Å². The molecule has 172 valence electrons. The predicted molar refractivity (Wildman–Crippen MR) is 136 cm³/mol. The van der Waals surface area contributed by atoms with Crippen molar-refractivity contribution in [3.05, 3.63) is 132 Å². The van der Waals surface area contributed by atoms with Gasteiger partial charge in [-0.25, -0.2) is 4.39 Å². The van der Waals surface area contributed by atoms with Crippen LogP contribution in [0.25, 0.3) is 0 Å². The molecule has 0 saturated carbocycles. The first-order chi connectivity index (χ1) is 16.7. The van der Waals surface area contributed by atoms with Crippen molar-refractivity contribution in [1.82, 2.24) is 0 Å². The molecule has 1 aliphatic rings. The Morgan fingerprint density at radius 1 is 0.824 bits per heavy atom. The van der Waals surface area contributed by atoms with E-state index < -0.39 is 4.75 Å². The number of rotatable bonds is 7. The Kier molecular flexibility index (Phi) is 6.68. The fourth-order valence-electron chi connectivity index (χ4n) is 4.47. The molecule has 1 fully saturated rings. The van der Waals surface area contributed by atoms with Crippen molar-refractivity contribution in [1.29, 1.82) is 0 Å². The van der Waals surface area contributed by atoms with Crippen LogP contribution in [0.1, 0.15) is 16.7 Å². The second kappa shape index (κ2) is 10.0. The molecule has 3 nitrogen and oxygen atoms in total. The Morgan fingerprint density at radius 2 is 1.35 bits per heavy atom. The number of anilines is 1. The van der Waals surface area contributed by atoms with Crippen LogP contribution in [0.15, 0.2) is 114 Å². The molecule has 0 spiro atoms. The maximum Gasteiger partial charge on any atom is 0.138 e. The van der Waals surface area contributed by atoms with Crippen molar-refractivity contribution in [2.45, 2.75) is 15.7 Å². The lowest BCUT2D eigenvalue weighted by molar-refractivity contribution is 0.0645. The summed E-state index contributed by atoms with van der Waals surface area (Å²) < 4.78 is 20.5. The number of nitrogens with zero attached hydrogens (tertiary/aromatic N) is 1. The molecule has 0 bridgehead atoms. The molecule has 1 atom stereocenters. The number of aliphatic hydroxyl groups is 1. The zero-order valence-corrected chi connectivity index (χ0v) is 19.5. The Morgan fingerprint density at radius 3 is 1.79 bits per heavy atom. The summed E-state index contributed by atoms with van der Waals surface area (Å²) in [6, 6.07) is 36.2. The first kappa shape index (κ1) is 22.7. The summed E-state index contributed by atoms with van der Waals surface area (Å²) in [4.78, 5) is 2.51. The SMILES string of the molecule is OC[C@H]1CN(c2ccc(SC(c3ccccc3)(c3ccccc3)c3ccccc3)c(F)c2)CO1. The van der Waals surface area contributed by atoms with Gasteiger partial charge in [0.25, 0.3) is 0 Å². The number of benzene rings is 4. The number of thioether (sulfide) groups is 1. The molecular formula is C29H26FNO2S. The van der Waals surface area contributed by atoms with Gasteiger partial charge >= 0.3 is 0 Å². The van der Waals surface area contributed by atoms with Crippen molar-refractivity contribution in [2.24, 2.45) is 0 Å². The third-order valence-electron chi connectivity index (χ3n) is 6.18. The average molecular weight is 472 g/mol. The van der Waals surface area contributed by atoms with Gasteiger partial charge in [-0.2, -0.15) is 0 Å². The lowest BCUT2D eigenvalue weighted by Gasteiger charge is -2.35. The van der Waals surface area contributed by atoms with Gasteiger partial charge in [-0.05, 0) is 34.9 Å². The summed E-state index contributed by atoms with van der Waals surface area (Å²) in [7, 11) is 0. The molecule has 1 aliphatic heterocycles. The van der Waals surface area contributed by atoms with E-state index in [1.165, 1.54) is 11.8 Å². The summed E-state index contributed by atoms with van der Waals surface area (Å²) in [6.07, 6.45) is -0.237. The highest BCUT2D eigenvalue weighted by Gasteiger charge is 2.38. The average Bonchev–Trinajstić information content (AvgIpc) is 3.39. The van der Waals surface area contributed by atoms with Crippen LogP contribution in [-0.2, 0) is 9.48 Å². The van der Waals surface area contributed by atoms with Gasteiger partial charge in [-0.15, -0.1) is 11.8 Å². The highest BCUT2D eigenvalue weighted by Crippen LogP contribution is 2.52. The molecule has 1 saturated heterocycles. The molecule has 0 aliphatic carbocycles. The van der Waals surface area contributed by atoms with E-state index in [-0.39, 0.29) is 18.5 Å². The largest absolute Gasteiger partial charge is 0.394 e. The standard InChI is InChI=1S/C29H26FNO2S/c30-27-18-25(31-19-26(20-32)33-21-31)16-17-28(27)34-29(22-10-4-1-5-11-22,23-12-6-2-7-13-23)24-14-8-3-9-15-24/h1-18,26,32H,19-21H2/t26-/m1/s1. The van der Waals surface area contributed by atoms with Crippen LogP contribution in [0.2, 0.25) is 0 Å². The molecule has 4 aromatic rings. The number of hydrogen-bond donors (Lipinski definition) is 1. The monoisotopic (exact) mass is 471 g/mol. The molecule has 34 heavy (non-hydrogen) atoms. The Balaban J connectivity index is 1.61. The number of hydrogen-bond acceptors (Lipinski definition) is 4. The van der Waals surface area contributed by atoms with E-state index >= 15 is 4.39 Å². The van der Waals surface area contributed by atoms with Gasteiger partial charge < -0.3 is 14.7 Å². The number of halogens is 1. The van der Waals surface area contributed by atoms with Crippen molar-refractivity contribution in [2.75, 3.05) is 24.8 Å². The molecule has 1 heterocycles. The van der Waals surface area contributed by atoms with E-state index in [0.717, 1.165) is 22.4 Å². The van der Waals surface area contributed by atoms with Crippen molar-refractivity contribution in [3.63, 3.8) is 0 Å². The molecule has 1 N–H and O–H groups in total. The van der Waals surface area contributed by atoms with E-state index in [1.807, 2.05) is 71.6 Å². The van der Waals surface area contributed by atoms with Gasteiger partial charge in [0.05, 0.1) is 11.4 Å². The van der Waals surface area contributed by atoms with E-state index in [1.54, 1.807) is 6.07 Å². The molecule has 5 rings (SSSR count). The second-order valence-electron chi connectivity index (χ2n) is 8.32. The highest BCUT2D eigenvalue weighted by molar-refractivity contribution is 8.00. The smallest absolute Gasteiger partial charge is 0.138 e. The van der Waals surface area contributed by atoms with E-state index in [4.69, 9.17) is 4.74 Å². The van der Waals surface area contributed by atoms with Gasteiger partial charge in [-0.3, -0.25) is 0 Å². The maximum absolute atomic E-state index is 15.6. The Hall–Kier alpha value is -3.12. The van der Waals surface area contributed by atoms with Crippen molar-refractivity contribution in [3.8, 4) is 0 Å². The molecule has 0 unspecified atom stereocenters. The summed E-state index contributed by atoms with van der Waals surface area (Å²) in [5.74, 6) is -0.276. The number of aliphatic hydroxyl groups excluding tert-OH is 1. The molecule has 5 heteroatoms. The molecule has 0 aromatic heterocycles. The molecule has 0 radical (unpaired) electrons. The second-order valence-corrected chi connectivity index (χ2v) is 9.58. The predicted octanol–water partition coefficient (Wildman–Crippen LogP) is 6.06. The van der Waals surface area contributed by atoms with Gasteiger partial charge in [-0.1, -0.05) is 91.0 Å². The minimum Gasteiger partial charge on any atom is -0.394 e. The quantitative estimate of drug-likeness (QED) is 0.262. The summed E-state index contributed by atoms with van der Waals surface area (Å²) in [5, 5.41) is 9.35. The van der Waals surface area contributed by atoms with E-state index in [2.05, 4.69) is 36.4 Å². The Bertz CT molecular complexity index is 1120. The zero-order chi connectivity index (χ0) is 23.4. The lowest BCUT2D eigenvalue weighted by atomic mass is 9.84. The zero-order valence-electron chi connectivity index (χ0n) is 18.7. The first-order valence-corrected chi connectivity index (χ1v) is 12.1. The minimum atomic E-state index is -0.634.